The summed E-state index contributed by atoms with van der Waals surface area (Å²) < 4.78 is 0. The number of hydrazine groups is 1. The van der Waals surface area contributed by atoms with Crippen LogP contribution in [0.4, 0.5) is 5.82 Å². The van der Waals surface area contributed by atoms with E-state index in [0.717, 1.165) is 29.1 Å². The van der Waals surface area contributed by atoms with Gasteiger partial charge in [0, 0.05) is 30.1 Å². The van der Waals surface area contributed by atoms with Crippen LogP contribution in [0.25, 0.3) is 10.2 Å². The van der Waals surface area contributed by atoms with E-state index in [9.17, 15) is 9.59 Å². The number of amides is 2. The molecule has 0 spiro atoms. The van der Waals surface area contributed by atoms with Crippen LogP contribution in [0, 0.1) is 19.8 Å². The quantitative estimate of drug-likeness (QED) is 0.588. The molecule has 1 aliphatic heterocycles. The van der Waals surface area contributed by atoms with Gasteiger partial charge >= 0.3 is 0 Å². The number of rotatable bonds is 3. The highest BCUT2D eigenvalue weighted by Gasteiger charge is 2.27. The number of nitrogens with zero attached hydrogens (tertiary/aromatic N) is 3. The lowest BCUT2D eigenvalue weighted by molar-refractivity contribution is -0.126. The minimum absolute atomic E-state index is 0.136. The Morgan fingerprint density at radius 2 is 2.00 bits per heavy atom. The van der Waals surface area contributed by atoms with Crippen molar-refractivity contribution in [2.24, 2.45) is 5.92 Å². The summed E-state index contributed by atoms with van der Waals surface area (Å²) >= 11 is 1.69. The normalized spacial score (nSPS) is 15.0. The molecule has 3 N–H and O–H groups in total. The minimum Gasteiger partial charge on any atom is -0.357 e. The standard InChI is InChI=1S/C19H22N6O2S/c1-11-12(2)28-19-15(11)16(21-10-22-19)25-8-5-13(6-9-25)17(26)23-24-18(27)14-4-3-7-20-14/h3-4,7,10,13,20H,5-6,8-9H2,1-2H3,(H,23,26)(H,24,27). The summed E-state index contributed by atoms with van der Waals surface area (Å²) in [4.78, 5) is 40.5. The maximum absolute atomic E-state index is 12.4. The van der Waals surface area contributed by atoms with Gasteiger partial charge in [-0.3, -0.25) is 20.4 Å². The molecule has 4 rings (SSSR count). The number of piperidine rings is 1. The van der Waals surface area contributed by atoms with E-state index < -0.39 is 0 Å². The Kier molecular flexibility index (Phi) is 4.99. The number of aryl methyl sites for hydroxylation is 2. The first kappa shape index (κ1) is 18.4. The third-order valence-electron chi connectivity index (χ3n) is 5.25. The van der Waals surface area contributed by atoms with Crippen molar-refractivity contribution in [3.8, 4) is 0 Å². The van der Waals surface area contributed by atoms with Crippen molar-refractivity contribution in [1.29, 1.82) is 0 Å². The molecule has 4 heterocycles. The number of carbonyl (C=O) groups is 2. The summed E-state index contributed by atoms with van der Waals surface area (Å²) in [5.74, 6) is 0.297. The van der Waals surface area contributed by atoms with Crippen LogP contribution in [-0.4, -0.2) is 39.9 Å². The number of aromatic amines is 1. The Morgan fingerprint density at radius 3 is 2.71 bits per heavy atom. The van der Waals surface area contributed by atoms with Crippen molar-refractivity contribution >= 4 is 39.2 Å². The van der Waals surface area contributed by atoms with E-state index in [4.69, 9.17) is 0 Å². The number of aromatic nitrogens is 3. The van der Waals surface area contributed by atoms with Crippen LogP contribution in [0.2, 0.25) is 0 Å². The Balaban J connectivity index is 1.37. The van der Waals surface area contributed by atoms with Gasteiger partial charge in [-0.25, -0.2) is 9.97 Å². The molecule has 28 heavy (non-hydrogen) atoms. The van der Waals surface area contributed by atoms with Crippen LogP contribution in [0.1, 0.15) is 33.8 Å². The molecule has 0 unspecified atom stereocenters. The van der Waals surface area contributed by atoms with Gasteiger partial charge in [0.2, 0.25) is 5.91 Å². The molecular weight excluding hydrogens is 376 g/mol. The average Bonchev–Trinajstić information content (AvgIpc) is 3.35. The molecule has 3 aromatic rings. The highest BCUT2D eigenvalue weighted by molar-refractivity contribution is 7.18. The fraction of sp³-hybridized carbons (Fsp3) is 0.368. The highest BCUT2D eigenvalue weighted by Crippen LogP contribution is 2.35. The number of thiophene rings is 1. The maximum Gasteiger partial charge on any atom is 0.286 e. The lowest BCUT2D eigenvalue weighted by Gasteiger charge is -2.32. The van der Waals surface area contributed by atoms with Gasteiger partial charge in [-0.15, -0.1) is 11.3 Å². The summed E-state index contributed by atoms with van der Waals surface area (Å²) in [6.07, 6.45) is 4.69. The van der Waals surface area contributed by atoms with E-state index >= 15 is 0 Å². The Bertz CT molecular complexity index is 1010. The van der Waals surface area contributed by atoms with E-state index in [-0.39, 0.29) is 17.7 Å². The molecule has 9 heteroatoms. The molecule has 0 atom stereocenters. The third-order valence-corrected chi connectivity index (χ3v) is 6.37. The van der Waals surface area contributed by atoms with Crippen LogP contribution >= 0.6 is 11.3 Å². The van der Waals surface area contributed by atoms with Gasteiger partial charge in [0.15, 0.2) is 0 Å². The fourth-order valence-corrected chi connectivity index (χ4v) is 4.51. The summed E-state index contributed by atoms with van der Waals surface area (Å²) in [6, 6.07) is 3.38. The summed E-state index contributed by atoms with van der Waals surface area (Å²) in [5.41, 5.74) is 6.62. The molecule has 0 aliphatic carbocycles. The van der Waals surface area contributed by atoms with Gasteiger partial charge in [-0.05, 0) is 44.4 Å². The minimum atomic E-state index is -0.359. The monoisotopic (exact) mass is 398 g/mol. The average molecular weight is 398 g/mol. The van der Waals surface area contributed by atoms with Crippen molar-refractivity contribution < 1.29 is 9.59 Å². The number of anilines is 1. The number of hydrogen-bond donors (Lipinski definition) is 3. The molecule has 1 saturated heterocycles. The second-order valence-corrected chi connectivity index (χ2v) is 8.15. The SMILES string of the molecule is Cc1sc2ncnc(N3CCC(C(=O)NNC(=O)c4ccc[nH]4)CC3)c2c1C. The van der Waals surface area contributed by atoms with E-state index in [1.54, 1.807) is 36.0 Å². The molecule has 0 aromatic carbocycles. The van der Waals surface area contributed by atoms with Gasteiger partial charge in [0.25, 0.3) is 5.91 Å². The topological polar surface area (TPSA) is 103 Å². The van der Waals surface area contributed by atoms with Crippen molar-refractivity contribution in [2.45, 2.75) is 26.7 Å². The summed E-state index contributed by atoms with van der Waals surface area (Å²) in [7, 11) is 0. The first-order valence-electron chi connectivity index (χ1n) is 9.24. The smallest absolute Gasteiger partial charge is 0.286 e. The predicted molar refractivity (Wildman–Crippen MR) is 108 cm³/mol. The zero-order chi connectivity index (χ0) is 19.7. The maximum atomic E-state index is 12.4. The molecule has 0 bridgehead atoms. The van der Waals surface area contributed by atoms with Crippen molar-refractivity contribution in [3.63, 3.8) is 0 Å². The number of carbonyl (C=O) groups excluding carboxylic acids is 2. The van der Waals surface area contributed by atoms with Gasteiger partial charge in [0.05, 0.1) is 5.39 Å². The van der Waals surface area contributed by atoms with Crippen molar-refractivity contribution in [3.05, 3.63) is 40.8 Å². The summed E-state index contributed by atoms with van der Waals surface area (Å²) in [6.45, 7) is 5.68. The van der Waals surface area contributed by atoms with E-state index in [0.29, 0.717) is 18.5 Å². The third kappa shape index (κ3) is 3.45. The highest BCUT2D eigenvalue weighted by atomic mass is 32.1. The number of hydrogen-bond acceptors (Lipinski definition) is 6. The lowest BCUT2D eigenvalue weighted by Crippen LogP contribution is -2.47. The molecule has 2 amide bonds. The molecule has 8 nitrogen and oxygen atoms in total. The first-order chi connectivity index (χ1) is 13.5. The van der Waals surface area contributed by atoms with Gasteiger partial charge in [0.1, 0.15) is 22.7 Å². The predicted octanol–water partition coefficient (Wildman–Crippen LogP) is 2.31. The summed E-state index contributed by atoms with van der Waals surface area (Å²) in [5, 5.41) is 1.12. The van der Waals surface area contributed by atoms with Gasteiger partial charge in [-0.1, -0.05) is 0 Å². The van der Waals surface area contributed by atoms with E-state index in [1.807, 2.05) is 0 Å². The van der Waals surface area contributed by atoms with Crippen LogP contribution < -0.4 is 15.8 Å². The zero-order valence-corrected chi connectivity index (χ0v) is 16.6. The number of nitrogens with one attached hydrogen (secondary N) is 3. The van der Waals surface area contributed by atoms with E-state index in [1.165, 1.54) is 10.4 Å². The Labute approximate surface area is 166 Å². The van der Waals surface area contributed by atoms with Crippen molar-refractivity contribution in [2.75, 3.05) is 18.0 Å². The molecule has 0 saturated carbocycles. The fourth-order valence-electron chi connectivity index (χ4n) is 3.52. The van der Waals surface area contributed by atoms with Crippen LogP contribution in [-0.2, 0) is 4.79 Å². The Morgan fingerprint density at radius 1 is 1.21 bits per heavy atom. The van der Waals surface area contributed by atoms with Gasteiger partial charge < -0.3 is 9.88 Å². The largest absolute Gasteiger partial charge is 0.357 e. The molecule has 3 aromatic heterocycles. The second-order valence-electron chi connectivity index (χ2n) is 6.95. The lowest BCUT2D eigenvalue weighted by atomic mass is 9.96. The molecule has 1 aliphatic rings. The van der Waals surface area contributed by atoms with Crippen molar-refractivity contribution in [1.82, 2.24) is 25.8 Å². The second kappa shape index (κ2) is 7.59. The van der Waals surface area contributed by atoms with E-state index in [2.05, 4.69) is 44.6 Å². The number of fused-ring (bicyclic) bond motifs is 1. The van der Waals surface area contributed by atoms with Gasteiger partial charge in [-0.2, -0.15) is 0 Å². The van der Waals surface area contributed by atoms with Crippen LogP contribution in [0.3, 0.4) is 0 Å². The van der Waals surface area contributed by atoms with Crippen LogP contribution in [0.15, 0.2) is 24.7 Å². The molecule has 146 valence electrons. The molecule has 1 fully saturated rings. The first-order valence-corrected chi connectivity index (χ1v) is 10.1. The Hall–Kier alpha value is -2.94. The number of H-pyrrole nitrogens is 1. The van der Waals surface area contributed by atoms with Crippen LogP contribution in [0.5, 0.6) is 0 Å². The molecular formula is C19H22N6O2S. The zero-order valence-electron chi connectivity index (χ0n) is 15.8. The molecule has 0 radical (unpaired) electrons.